The number of ether oxygens (including phenoxy) is 1. The standard InChI is InChI=1S/C22H26Cl2N2O4S/c1-15-8-9-16(12-19(15)23)25-22(27)14-26(17-6-4-3-5-7-17)31(28,29)18-10-11-21(30-2)20(24)13-18/h8-13,17H,3-7,14H2,1-2H3,(H,25,27). The number of hydrogen-bond donors (Lipinski definition) is 1. The number of halogens is 2. The summed E-state index contributed by atoms with van der Waals surface area (Å²) in [5, 5.41) is 3.49. The minimum atomic E-state index is -3.94. The number of sulfonamides is 1. The van der Waals surface area contributed by atoms with E-state index in [1.165, 1.54) is 29.6 Å². The van der Waals surface area contributed by atoms with Crippen molar-refractivity contribution in [1.82, 2.24) is 4.31 Å². The smallest absolute Gasteiger partial charge is 0.243 e. The number of aryl methyl sites for hydroxylation is 1. The normalized spacial score (nSPS) is 15.1. The van der Waals surface area contributed by atoms with Gasteiger partial charge in [0.25, 0.3) is 0 Å². The maximum Gasteiger partial charge on any atom is 0.243 e. The largest absolute Gasteiger partial charge is 0.495 e. The molecule has 1 N–H and O–H groups in total. The van der Waals surface area contributed by atoms with E-state index >= 15 is 0 Å². The molecular weight excluding hydrogens is 459 g/mol. The lowest BCUT2D eigenvalue weighted by Crippen LogP contribution is -2.45. The molecule has 31 heavy (non-hydrogen) atoms. The molecule has 0 atom stereocenters. The molecular formula is C22H26Cl2N2O4S. The van der Waals surface area contributed by atoms with Crippen LogP contribution in [0.3, 0.4) is 0 Å². The number of benzene rings is 2. The maximum absolute atomic E-state index is 13.5. The van der Waals surface area contributed by atoms with Crippen molar-refractivity contribution >= 4 is 44.8 Å². The molecule has 2 aromatic carbocycles. The van der Waals surface area contributed by atoms with Gasteiger partial charge in [-0.25, -0.2) is 8.42 Å². The molecule has 0 saturated heterocycles. The second kappa shape index (κ2) is 10.2. The van der Waals surface area contributed by atoms with Gasteiger partial charge in [-0.15, -0.1) is 0 Å². The Morgan fingerprint density at radius 2 is 1.81 bits per heavy atom. The lowest BCUT2D eigenvalue weighted by molar-refractivity contribution is -0.116. The Morgan fingerprint density at radius 3 is 2.42 bits per heavy atom. The zero-order chi connectivity index (χ0) is 22.6. The number of hydrogen-bond acceptors (Lipinski definition) is 4. The van der Waals surface area contributed by atoms with E-state index in [0.29, 0.717) is 29.3 Å². The van der Waals surface area contributed by atoms with Gasteiger partial charge in [0.2, 0.25) is 15.9 Å². The minimum Gasteiger partial charge on any atom is -0.495 e. The Bertz CT molecular complexity index is 1050. The predicted molar refractivity (Wildman–Crippen MR) is 124 cm³/mol. The summed E-state index contributed by atoms with van der Waals surface area (Å²) in [7, 11) is -2.48. The van der Waals surface area contributed by atoms with E-state index < -0.39 is 15.9 Å². The fourth-order valence-electron chi connectivity index (χ4n) is 3.73. The summed E-state index contributed by atoms with van der Waals surface area (Å²) >= 11 is 12.3. The number of rotatable bonds is 7. The molecule has 168 valence electrons. The third-order valence-corrected chi connectivity index (χ3v) is 8.06. The number of carbonyl (C=O) groups excluding carboxylic acids is 1. The van der Waals surface area contributed by atoms with Gasteiger partial charge in [-0.05, 0) is 55.7 Å². The van der Waals surface area contributed by atoms with Crippen LogP contribution in [0.5, 0.6) is 5.75 Å². The second-order valence-electron chi connectivity index (χ2n) is 7.65. The molecule has 1 aliphatic carbocycles. The Kier molecular flexibility index (Phi) is 7.86. The van der Waals surface area contributed by atoms with Crippen molar-refractivity contribution in [2.75, 3.05) is 19.0 Å². The van der Waals surface area contributed by atoms with Crippen LogP contribution in [0.1, 0.15) is 37.7 Å². The van der Waals surface area contributed by atoms with E-state index in [0.717, 1.165) is 24.8 Å². The number of methoxy groups -OCH3 is 1. The SMILES string of the molecule is COc1ccc(S(=O)(=O)N(CC(=O)Nc2ccc(C)c(Cl)c2)C2CCCCC2)cc1Cl. The number of carbonyl (C=O) groups is 1. The van der Waals surface area contributed by atoms with Crippen molar-refractivity contribution < 1.29 is 17.9 Å². The van der Waals surface area contributed by atoms with Crippen LogP contribution in [-0.2, 0) is 14.8 Å². The lowest BCUT2D eigenvalue weighted by atomic mass is 9.95. The molecule has 0 heterocycles. The van der Waals surface area contributed by atoms with Gasteiger partial charge < -0.3 is 10.1 Å². The van der Waals surface area contributed by atoms with E-state index in [1.54, 1.807) is 18.2 Å². The molecule has 0 radical (unpaired) electrons. The zero-order valence-electron chi connectivity index (χ0n) is 17.5. The second-order valence-corrected chi connectivity index (χ2v) is 10.4. The minimum absolute atomic E-state index is 0.0371. The molecule has 0 aromatic heterocycles. The van der Waals surface area contributed by atoms with Gasteiger partial charge in [-0.3, -0.25) is 4.79 Å². The summed E-state index contributed by atoms with van der Waals surface area (Å²) in [6.45, 7) is 1.58. The molecule has 1 amide bonds. The first kappa shape index (κ1) is 23.9. The average molecular weight is 485 g/mol. The quantitative estimate of drug-likeness (QED) is 0.580. The van der Waals surface area contributed by atoms with E-state index in [1.807, 2.05) is 6.92 Å². The van der Waals surface area contributed by atoms with E-state index in [4.69, 9.17) is 27.9 Å². The predicted octanol–water partition coefficient (Wildman–Crippen LogP) is 5.27. The van der Waals surface area contributed by atoms with E-state index in [-0.39, 0.29) is 22.5 Å². The number of nitrogens with zero attached hydrogens (tertiary/aromatic N) is 1. The molecule has 0 unspecified atom stereocenters. The van der Waals surface area contributed by atoms with Crippen LogP contribution in [0.4, 0.5) is 5.69 Å². The Labute approximate surface area is 193 Å². The highest BCUT2D eigenvalue weighted by Crippen LogP contribution is 2.32. The number of nitrogens with one attached hydrogen (secondary N) is 1. The third-order valence-electron chi connectivity index (χ3n) is 5.47. The molecule has 9 heteroatoms. The summed E-state index contributed by atoms with van der Waals surface area (Å²) in [5.41, 5.74) is 1.41. The average Bonchev–Trinajstić information content (AvgIpc) is 2.75. The third kappa shape index (κ3) is 5.71. The van der Waals surface area contributed by atoms with Gasteiger partial charge in [-0.1, -0.05) is 48.5 Å². The first-order valence-electron chi connectivity index (χ1n) is 10.1. The van der Waals surface area contributed by atoms with Gasteiger partial charge in [-0.2, -0.15) is 4.31 Å². The highest BCUT2D eigenvalue weighted by atomic mass is 35.5. The van der Waals surface area contributed by atoms with Crippen LogP contribution in [0.15, 0.2) is 41.3 Å². The van der Waals surface area contributed by atoms with Crippen molar-refractivity contribution in [3.05, 3.63) is 52.0 Å². The number of amides is 1. The first-order chi connectivity index (χ1) is 14.7. The van der Waals surface area contributed by atoms with Gasteiger partial charge in [0.15, 0.2) is 0 Å². The summed E-state index contributed by atoms with van der Waals surface area (Å²) in [5.74, 6) is -0.0347. The van der Waals surface area contributed by atoms with Crippen LogP contribution in [0, 0.1) is 6.92 Å². The van der Waals surface area contributed by atoms with Gasteiger partial charge in [0.1, 0.15) is 5.75 Å². The Balaban J connectivity index is 1.87. The van der Waals surface area contributed by atoms with Crippen molar-refractivity contribution in [2.45, 2.75) is 50.0 Å². The van der Waals surface area contributed by atoms with Crippen LogP contribution in [0.2, 0.25) is 10.0 Å². The molecule has 1 aliphatic rings. The fourth-order valence-corrected chi connectivity index (χ4v) is 5.91. The van der Waals surface area contributed by atoms with Crippen LogP contribution < -0.4 is 10.1 Å². The maximum atomic E-state index is 13.5. The molecule has 0 bridgehead atoms. The van der Waals surface area contributed by atoms with Crippen molar-refractivity contribution in [2.24, 2.45) is 0 Å². The summed E-state index contributed by atoms with van der Waals surface area (Å²) in [6.07, 6.45) is 4.34. The summed E-state index contributed by atoms with van der Waals surface area (Å²) in [6, 6.07) is 9.28. The fraction of sp³-hybridized carbons (Fsp3) is 0.409. The van der Waals surface area contributed by atoms with Gasteiger partial charge >= 0.3 is 0 Å². The molecule has 0 aliphatic heterocycles. The highest BCUT2D eigenvalue weighted by Gasteiger charge is 2.34. The van der Waals surface area contributed by atoms with Crippen molar-refractivity contribution in [3.63, 3.8) is 0 Å². The zero-order valence-corrected chi connectivity index (χ0v) is 19.9. The van der Waals surface area contributed by atoms with Gasteiger partial charge in [0, 0.05) is 16.8 Å². The van der Waals surface area contributed by atoms with Crippen LogP contribution in [-0.4, -0.2) is 38.3 Å². The lowest BCUT2D eigenvalue weighted by Gasteiger charge is -2.33. The first-order valence-corrected chi connectivity index (χ1v) is 12.3. The Morgan fingerprint density at radius 1 is 1.10 bits per heavy atom. The monoisotopic (exact) mass is 484 g/mol. The van der Waals surface area contributed by atoms with Crippen molar-refractivity contribution in [3.8, 4) is 5.75 Å². The van der Waals surface area contributed by atoms with Crippen molar-refractivity contribution in [1.29, 1.82) is 0 Å². The van der Waals surface area contributed by atoms with E-state index in [2.05, 4.69) is 5.32 Å². The van der Waals surface area contributed by atoms with Gasteiger partial charge in [0.05, 0.1) is 23.6 Å². The van der Waals surface area contributed by atoms with Crippen LogP contribution >= 0.6 is 23.2 Å². The molecule has 2 aromatic rings. The molecule has 6 nitrogen and oxygen atoms in total. The Hall–Kier alpha value is -1.80. The van der Waals surface area contributed by atoms with Crippen LogP contribution in [0.25, 0.3) is 0 Å². The molecule has 0 spiro atoms. The topological polar surface area (TPSA) is 75.7 Å². The molecule has 1 fully saturated rings. The number of anilines is 1. The highest BCUT2D eigenvalue weighted by molar-refractivity contribution is 7.89. The molecule has 3 rings (SSSR count). The molecule has 1 saturated carbocycles. The summed E-state index contributed by atoms with van der Waals surface area (Å²) < 4.78 is 33.4. The van der Waals surface area contributed by atoms with E-state index in [9.17, 15) is 13.2 Å². The summed E-state index contributed by atoms with van der Waals surface area (Å²) in [4.78, 5) is 12.8.